The number of rotatable bonds is 3. The highest BCUT2D eigenvalue weighted by atomic mass is 32.2. The third kappa shape index (κ3) is 3.15. The highest BCUT2D eigenvalue weighted by molar-refractivity contribution is 7.99. The molecule has 78 valence electrons. The lowest BCUT2D eigenvalue weighted by Gasteiger charge is -2.42. The molecule has 0 aromatic heterocycles. The van der Waals surface area contributed by atoms with Crippen molar-refractivity contribution in [2.24, 2.45) is 0 Å². The molecule has 3 heteroatoms. The average Bonchev–Trinajstić information content (AvgIpc) is 2.08. The van der Waals surface area contributed by atoms with E-state index < -0.39 is 0 Å². The van der Waals surface area contributed by atoms with Gasteiger partial charge in [0.15, 0.2) is 0 Å². The third-order valence-corrected chi connectivity index (χ3v) is 4.10. The van der Waals surface area contributed by atoms with Gasteiger partial charge < -0.3 is 5.11 Å². The second-order valence-corrected chi connectivity index (χ2v) is 5.48. The summed E-state index contributed by atoms with van der Waals surface area (Å²) in [5.74, 6) is 2.39. The van der Waals surface area contributed by atoms with Gasteiger partial charge in [-0.3, -0.25) is 4.90 Å². The van der Waals surface area contributed by atoms with E-state index in [1.165, 1.54) is 11.5 Å². The monoisotopic (exact) mass is 203 g/mol. The van der Waals surface area contributed by atoms with Crippen molar-refractivity contribution >= 4 is 11.8 Å². The maximum atomic E-state index is 9.59. The Morgan fingerprint density at radius 1 is 1.54 bits per heavy atom. The van der Waals surface area contributed by atoms with E-state index in [0.29, 0.717) is 0 Å². The van der Waals surface area contributed by atoms with E-state index in [0.717, 1.165) is 19.5 Å². The molecule has 2 nitrogen and oxygen atoms in total. The summed E-state index contributed by atoms with van der Waals surface area (Å²) in [6.45, 7) is 8.53. The predicted molar refractivity (Wildman–Crippen MR) is 59.3 cm³/mol. The molecule has 0 aromatic carbocycles. The number of hydrogen-bond acceptors (Lipinski definition) is 3. The van der Waals surface area contributed by atoms with Crippen LogP contribution in [-0.4, -0.2) is 46.2 Å². The molecule has 0 aromatic rings. The molecule has 0 spiro atoms. The van der Waals surface area contributed by atoms with Crippen LogP contribution in [0.25, 0.3) is 0 Å². The molecule has 0 aliphatic carbocycles. The lowest BCUT2D eigenvalue weighted by molar-refractivity contribution is 0.0610. The van der Waals surface area contributed by atoms with Crippen molar-refractivity contribution in [3.05, 3.63) is 0 Å². The first-order valence-corrected chi connectivity index (χ1v) is 6.22. The molecule has 1 atom stereocenters. The van der Waals surface area contributed by atoms with Crippen LogP contribution in [0.3, 0.4) is 0 Å². The topological polar surface area (TPSA) is 23.5 Å². The summed E-state index contributed by atoms with van der Waals surface area (Å²) in [5, 5.41) is 9.59. The fourth-order valence-corrected chi connectivity index (χ4v) is 2.79. The van der Waals surface area contributed by atoms with Gasteiger partial charge in [-0.15, -0.1) is 0 Å². The molecular weight excluding hydrogens is 182 g/mol. The Labute approximate surface area is 85.7 Å². The van der Waals surface area contributed by atoms with Crippen LogP contribution >= 0.6 is 11.8 Å². The Hall–Kier alpha value is 0.270. The quantitative estimate of drug-likeness (QED) is 0.753. The molecule has 1 fully saturated rings. The maximum Gasteiger partial charge on any atom is 0.0664 e. The minimum absolute atomic E-state index is 0.151. The van der Waals surface area contributed by atoms with Crippen LogP contribution in [0.4, 0.5) is 0 Å². The van der Waals surface area contributed by atoms with E-state index >= 15 is 0 Å². The molecule has 1 rings (SSSR count). The van der Waals surface area contributed by atoms with Crippen LogP contribution in [-0.2, 0) is 0 Å². The van der Waals surface area contributed by atoms with Crippen molar-refractivity contribution in [1.82, 2.24) is 4.90 Å². The molecule has 13 heavy (non-hydrogen) atoms. The lowest BCUT2D eigenvalue weighted by atomic mass is 10.0. The highest BCUT2D eigenvalue weighted by Gasteiger charge is 2.30. The van der Waals surface area contributed by atoms with Gasteiger partial charge in [-0.05, 0) is 20.3 Å². The molecule has 0 bridgehead atoms. The molecular formula is C10H21NOS. The van der Waals surface area contributed by atoms with E-state index in [9.17, 15) is 5.11 Å². The predicted octanol–water partition coefficient (Wildman–Crippen LogP) is 1.58. The van der Waals surface area contributed by atoms with Gasteiger partial charge in [0.1, 0.15) is 0 Å². The summed E-state index contributed by atoms with van der Waals surface area (Å²) in [6.07, 6.45) is 0.710. The van der Waals surface area contributed by atoms with Crippen molar-refractivity contribution in [1.29, 1.82) is 0 Å². The molecule has 1 heterocycles. The minimum Gasteiger partial charge on any atom is -0.392 e. The number of nitrogens with zero attached hydrogens (tertiary/aromatic N) is 1. The molecule has 0 amide bonds. The van der Waals surface area contributed by atoms with Gasteiger partial charge in [0.25, 0.3) is 0 Å². The maximum absolute atomic E-state index is 9.59. The summed E-state index contributed by atoms with van der Waals surface area (Å²) in [4.78, 5) is 2.41. The van der Waals surface area contributed by atoms with Crippen molar-refractivity contribution in [3.63, 3.8) is 0 Å². The van der Waals surface area contributed by atoms with Crippen LogP contribution in [0.15, 0.2) is 0 Å². The normalized spacial score (nSPS) is 25.8. The van der Waals surface area contributed by atoms with Gasteiger partial charge in [0, 0.05) is 30.1 Å². The molecule has 1 aliphatic rings. The first-order valence-electron chi connectivity index (χ1n) is 5.07. The van der Waals surface area contributed by atoms with Crippen LogP contribution in [0.2, 0.25) is 0 Å². The Morgan fingerprint density at radius 2 is 2.23 bits per heavy atom. The van der Waals surface area contributed by atoms with E-state index in [-0.39, 0.29) is 11.6 Å². The summed E-state index contributed by atoms with van der Waals surface area (Å²) < 4.78 is 0. The zero-order valence-corrected chi connectivity index (χ0v) is 9.73. The minimum atomic E-state index is -0.151. The fourth-order valence-electron chi connectivity index (χ4n) is 1.61. The van der Waals surface area contributed by atoms with E-state index in [1.807, 2.05) is 18.7 Å². The molecule has 0 radical (unpaired) electrons. The zero-order chi connectivity index (χ0) is 9.90. The van der Waals surface area contributed by atoms with Crippen molar-refractivity contribution in [3.8, 4) is 0 Å². The Balaban J connectivity index is 2.46. The largest absolute Gasteiger partial charge is 0.392 e. The molecule has 0 saturated carbocycles. The smallest absolute Gasteiger partial charge is 0.0664 e. The van der Waals surface area contributed by atoms with Gasteiger partial charge in [-0.2, -0.15) is 11.8 Å². The van der Waals surface area contributed by atoms with E-state index in [1.54, 1.807) is 0 Å². The summed E-state index contributed by atoms with van der Waals surface area (Å²) >= 11 is 2.02. The summed E-state index contributed by atoms with van der Waals surface area (Å²) in [5.41, 5.74) is 0.263. The first-order chi connectivity index (χ1) is 6.06. The lowest BCUT2D eigenvalue weighted by Crippen LogP contribution is -2.52. The van der Waals surface area contributed by atoms with Crippen molar-refractivity contribution in [2.45, 2.75) is 38.8 Å². The second-order valence-electron chi connectivity index (χ2n) is 4.37. The van der Waals surface area contributed by atoms with Crippen LogP contribution in [0.5, 0.6) is 0 Å². The van der Waals surface area contributed by atoms with E-state index in [2.05, 4.69) is 18.7 Å². The number of thioether (sulfide) groups is 1. The molecule has 1 saturated heterocycles. The highest BCUT2D eigenvalue weighted by Crippen LogP contribution is 2.25. The number of β-amino-alcohol motifs (C(OH)–C–C–N with tert-alkyl or cyclic N) is 1. The van der Waals surface area contributed by atoms with Crippen LogP contribution in [0, 0.1) is 0 Å². The summed E-state index contributed by atoms with van der Waals surface area (Å²) in [6, 6.07) is 0. The SMILES string of the molecule is CC[C@H](O)CN1CCSCC1(C)C. The fraction of sp³-hybridized carbons (Fsp3) is 1.00. The molecule has 1 N–H and O–H groups in total. The molecule has 1 aliphatic heterocycles. The second kappa shape index (κ2) is 4.67. The van der Waals surface area contributed by atoms with Crippen molar-refractivity contribution < 1.29 is 5.11 Å². The summed E-state index contributed by atoms with van der Waals surface area (Å²) in [7, 11) is 0. The van der Waals surface area contributed by atoms with Crippen LogP contribution in [0.1, 0.15) is 27.2 Å². The third-order valence-electron chi connectivity index (χ3n) is 2.72. The first kappa shape index (κ1) is 11.3. The zero-order valence-electron chi connectivity index (χ0n) is 8.92. The number of aliphatic hydroxyl groups excluding tert-OH is 1. The number of aliphatic hydroxyl groups is 1. The van der Waals surface area contributed by atoms with Gasteiger partial charge in [-0.1, -0.05) is 6.92 Å². The molecule has 0 unspecified atom stereocenters. The average molecular weight is 203 g/mol. The van der Waals surface area contributed by atoms with Gasteiger partial charge >= 0.3 is 0 Å². The van der Waals surface area contributed by atoms with Gasteiger partial charge in [-0.25, -0.2) is 0 Å². The number of hydrogen-bond donors (Lipinski definition) is 1. The van der Waals surface area contributed by atoms with Gasteiger partial charge in [0.05, 0.1) is 6.10 Å². The standard InChI is InChI=1S/C10H21NOS/c1-4-9(12)7-11-5-6-13-8-10(11,2)3/h9,12H,4-8H2,1-3H3/t9-/m0/s1. The Bertz CT molecular complexity index is 161. The van der Waals surface area contributed by atoms with Gasteiger partial charge in [0.2, 0.25) is 0 Å². The Morgan fingerprint density at radius 3 is 2.77 bits per heavy atom. The van der Waals surface area contributed by atoms with Crippen molar-refractivity contribution in [2.75, 3.05) is 24.6 Å². The van der Waals surface area contributed by atoms with E-state index in [4.69, 9.17) is 0 Å². The van der Waals surface area contributed by atoms with Crippen LogP contribution < -0.4 is 0 Å². The Kier molecular flexibility index (Phi) is 4.07.